The molecule has 2 aromatic carbocycles. The highest BCUT2D eigenvalue weighted by atomic mass is 19.1. The first kappa shape index (κ1) is 22.2. The van der Waals surface area contributed by atoms with Gasteiger partial charge in [-0.25, -0.2) is 18.0 Å². The Morgan fingerprint density at radius 2 is 1.63 bits per heavy atom. The molecule has 0 saturated carbocycles. The quantitative estimate of drug-likeness (QED) is 0.719. The van der Waals surface area contributed by atoms with E-state index in [0.717, 1.165) is 5.56 Å². The number of likely N-dealkylation sites (tertiary alicyclic amines) is 1. The highest BCUT2D eigenvalue weighted by molar-refractivity contribution is 5.67. The summed E-state index contributed by atoms with van der Waals surface area (Å²) in [6, 6.07) is 15.5. The van der Waals surface area contributed by atoms with Crippen molar-refractivity contribution in [1.29, 1.82) is 0 Å². The van der Waals surface area contributed by atoms with Crippen LogP contribution in [0.2, 0.25) is 0 Å². The molecule has 1 aliphatic heterocycles. The van der Waals surface area contributed by atoms with Crippen molar-refractivity contribution in [3.63, 3.8) is 0 Å². The van der Waals surface area contributed by atoms with E-state index in [4.69, 9.17) is 4.74 Å². The molecule has 3 rings (SSSR count). The number of halogens is 3. The monoisotopic (exact) mass is 421 g/mol. The summed E-state index contributed by atoms with van der Waals surface area (Å²) in [6.45, 7) is -2.78. The molecule has 1 aliphatic rings. The molecule has 2 aromatic rings. The zero-order valence-electron chi connectivity index (χ0n) is 16.7. The maximum Gasteiger partial charge on any atom is 0.410 e. The van der Waals surface area contributed by atoms with E-state index in [9.17, 15) is 23.1 Å². The SMILES string of the molecule is O=C(OCc1ccccc1)N1CCC(O)(c2cccc(C(CF)(CF)CF)c2)CC1. The summed E-state index contributed by atoms with van der Waals surface area (Å²) < 4.78 is 45.5. The lowest BCUT2D eigenvalue weighted by atomic mass is 9.79. The number of rotatable bonds is 7. The van der Waals surface area contributed by atoms with Gasteiger partial charge in [-0.1, -0.05) is 54.6 Å². The highest BCUT2D eigenvalue weighted by Gasteiger charge is 2.38. The maximum atomic E-state index is 13.4. The Hall–Kier alpha value is -2.54. The summed E-state index contributed by atoms with van der Waals surface area (Å²) in [4.78, 5) is 13.8. The van der Waals surface area contributed by atoms with Gasteiger partial charge in [-0.2, -0.15) is 0 Å². The van der Waals surface area contributed by atoms with Crippen LogP contribution in [0.15, 0.2) is 54.6 Å². The Kier molecular flexibility index (Phi) is 7.02. The van der Waals surface area contributed by atoms with E-state index in [2.05, 4.69) is 0 Å². The summed E-state index contributed by atoms with van der Waals surface area (Å²) in [6.07, 6.45) is 0.0242. The first-order valence-electron chi connectivity index (χ1n) is 9.93. The molecule has 1 fully saturated rings. The standard InChI is InChI=1S/C23H26F3NO3/c24-15-22(16-25,17-26)19-7-4-8-20(13-19)23(29)9-11-27(12-10-23)21(28)30-14-18-5-2-1-3-6-18/h1-8,13,29H,9-12,14-17H2. The van der Waals surface area contributed by atoms with Crippen LogP contribution in [0.4, 0.5) is 18.0 Å². The van der Waals surface area contributed by atoms with Crippen LogP contribution in [-0.4, -0.2) is 49.2 Å². The topological polar surface area (TPSA) is 49.8 Å². The number of nitrogens with zero attached hydrogens (tertiary/aromatic N) is 1. The molecule has 162 valence electrons. The van der Waals surface area contributed by atoms with Crippen molar-refractivity contribution < 1.29 is 27.8 Å². The van der Waals surface area contributed by atoms with Crippen LogP contribution in [0, 0.1) is 0 Å². The van der Waals surface area contributed by atoms with Gasteiger partial charge in [0.1, 0.15) is 26.6 Å². The Bertz CT molecular complexity index is 826. The van der Waals surface area contributed by atoms with E-state index in [1.807, 2.05) is 30.3 Å². The van der Waals surface area contributed by atoms with Crippen LogP contribution in [0.5, 0.6) is 0 Å². The molecule has 0 aliphatic carbocycles. The van der Waals surface area contributed by atoms with Crippen LogP contribution < -0.4 is 0 Å². The number of amides is 1. The Balaban J connectivity index is 1.64. The molecule has 1 amide bonds. The number of ether oxygens (including phenoxy) is 1. The van der Waals surface area contributed by atoms with Gasteiger partial charge in [0, 0.05) is 13.1 Å². The van der Waals surface area contributed by atoms with Gasteiger partial charge < -0.3 is 14.7 Å². The fourth-order valence-electron chi connectivity index (χ4n) is 3.64. The number of piperidine rings is 1. The molecule has 30 heavy (non-hydrogen) atoms. The smallest absolute Gasteiger partial charge is 0.410 e. The third-order valence-electron chi connectivity index (χ3n) is 5.83. The van der Waals surface area contributed by atoms with Crippen molar-refractivity contribution in [1.82, 2.24) is 4.90 Å². The molecule has 4 nitrogen and oxygen atoms in total. The first-order valence-corrected chi connectivity index (χ1v) is 9.93. The average Bonchev–Trinajstić information content (AvgIpc) is 2.80. The van der Waals surface area contributed by atoms with E-state index in [-0.39, 0.29) is 38.1 Å². The van der Waals surface area contributed by atoms with Crippen LogP contribution in [-0.2, 0) is 22.4 Å². The molecule has 0 unspecified atom stereocenters. The van der Waals surface area contributed by atoms with E-state index >= 15 is 0 Å². The summed E-state index contributed by atoms with van der Waals surface area (Å²) in [5, 5.41) is 11.1. The molecule has 0 bridgehead atoms. The number of alkyl halides is 3. The van der Waals surface area contributed by atoms with E-state index in [1.165, 1.54) is 17.0 Å². The van der Waals surface area contributed by atoms with Gasteiger partial charge in [0.05, 0.1) is 11.0 Å². The molecule has 0 aromatic heterocycles. The number of carbonyl (C=O) groups excluding carboxylic acids is 1. The van der Waals surface area contributed by atoms with Gasteiger partial charge in [-0.3, -0.25) is 0 Å². The van der Waals surface area contributed by atoms with Crippen LogP contribution in [0.1, 0.15) is 29.5 Å². The zero-order valence-corrected chi connectivity index (χ0v) is 16.7. The van der Waals surface area contributed by atoms with Crippen LogP contribution >= 0.6 is 0 Å². The molecule has 1 saturated heterocycles. The molecule has 7 heteroatoms. The minimum atomic E-state index is -1.84. The molecular formula is C23H26F3NO3. The maximum absolute atomic E-state index is 13.4. The Labute approximate surface area is 174 Å². The molecule has 0 radical (unpaired) electrons. The third kappa shape index (κ3) is 4.61. The minimum Gasteiger partial charge on any atom is -0.445 e. The minimum absolute atomic E-state index is 0.167. The van der Waals surface area contributed by atoms with Gasteiger partial charge in [0.25, 0.3) is 0 Å². The molecule has 0 atom stereocenters. The largest absolute Gasteiger partial charge is 0.445 e. The summed E-state index contributed by atoms with van der Waals surface area (Å²) in [5.41, 5.74) is -1.56. The van der Waals surface area contributed by atoms with Crippen molar-refractivity contribution >= 4 is 6.09 Å². The lowest BCUT2D eigenvalue weighted by Gasteiger charge is -2.38. The van der Waals surface area contributed by atoms with Gasteiger partial charge in [0.15, 0.2) is 0 Å². The summed E-state index contributed by atoms with van der Waals surface area (Å²) >= 11 is 0. The van der Waals surface area contributed by atoms with Crippen molar-refractivity contribution in [3.8, 4) is 0 Å². The lowest BCUT2D eigenvalue weighted by molar-refractivity contribution is -0.0256. The number of benzene rings is 2. The van der Waals surface area contributed by atoms with Crippen molar-refractivity contribution in [2.45, 2.75) is 30.5 Å². The first-order chi connectivity index (χ1) is 14.5. The van der Waals surface area contributed by atoms with Gasteiger partial charge in [0.2, 0.25) is 0 Å². The second-order valence-electron chi connectivity index (χ2n) is 7.82. The Morgan fingerprint density at radius 1 is 1.00 bits per heavy atom. The fourth-order valence-corrected chi connectivity index (χ4v) is 3.64. The molecular weight excluding hydrogens is 395 g/mol. The summed E-state index contributed by atoms with van der Waals surface area (Å²) in [5.74, 6) is 0. The van der Waals surface area contributed by atoms with Crippen molar-refractivity contribution in [3.05, 3.63) is 71.3 Å². The van der Waals surface area contributed by atoms with Gasteiger partial charge in [-0.15, -0.1) is 0 Å². The normalized spacial score (nSPS) is 16.3. The van der Waals surface area contributed by atoms with E-state index in [0.29, 0.717) is 5.56 Å². The molecule has 1 heterocycles. The number of carbonyl (C=O) groups is 1. The fraction of sp³-hybridized carbons (Fsp3) is 0.435. The van der Waals surface area contributed by atoms with Gasteiger partial charge in [-0.05, 0) is 29.5 Å². The zero-order chi connectivity index (χ0) is 21.6. The van der Waals surface area contributed by atoms with E-state index < -0.39 is 37.1 Å². The second kappa shape index (κ2) is 9.51. The average molecular weight is 421 g/mol. The van der Waals surface area contributed by atoms with Crippen LogP contribution in [0.25, 0.3) is 0 Å². The Morgan fingerprint density at radius 3 is 2.23 bits per heavy atom. The highest BCUT2D eigenvalue weighted by Crippen LogP contribution is 2.36. The second-order valence-corrected chi connectivity index (χ2v) is 7.82. The number of aliphatic hydroxyl groups is 1. The molecule has 0 spiro atoms. The molecule has 1 N–H and O–H groups in total. The third-order valence-corrected chi connectivity index (χ3v) is 5.83. The van der Waals surface area contributed by atoms with Gasteiger partial charge >= 0.3 is 6.09 Å². The van der Waals surface area contributed by atoms with Crippen LogP contribution in [0.3, 0.4) is 0 Å². The van der Waals surface area contributed by atoms with E-state index in [1.54, 1.807) is 12.1 Å². The van der Waals surface area contributed by atoms with Crippen molar-refractivity contribution in [2.75, 3.05) is 33.1 Å². The predicted octanol–water partition coefficient (Wildman–Crippen LogP) is 4.45. The lowest BCUT2D eigenvalue weighted by Crippen LogP contribution is -2.45. The summed E-state index contributed by atoms with van der Waals surface area (Å²) in [7, 11) is 0. The predicted molar refractivity (Wildman–Crippen MR) is 107 cm³/mol. The number of hydrogen-bond acceptors (Lipinski definition) is 3. The number of hydrogen-bond donors (Lipinski definition) is 1. The van der Waals surface area contributed by atoms with Crippen molar-refractivity contribution in [2.24, 2.45) is 0 Å².